The lowest BCUT2D eigenvalue weighted by molar-refractivity contribution is -0.144. The molecule has 0 heterocycles. The van der Waals surface area contributed by atoms with E-state index in [-0.39, 0.29) is 0 Å². The molecule has 0 unspecified atom stereocenters. The summed E-state index contributed by atoms with van der Waals surface area (Å²) in [5.41, 5.74) is -0.370. The SMILES string of the molecule is CC(C)(NCC12CC3CC(CC(C3)C1)C2)C(=O)O. The van der Waals surface area contributed by atoms with E-state index in [2.05, 4.69) is 5.32 Å². The minimum Gasteiger partial charge on any atom is -0.480 e. The molecule has 0 saturated heterocycles. The molecule has 4 saturated carbocycles. The van der Waals surface area contributed by atoms with Crippen LogP contribution in [0.4, 0.5) is 0 Å². The van der Waals surface area contributed by atoms with Crippen molar-refractivity contribution in [2.45, 2.75) is 57.9 Å². The third kappa shape index (κ3) is 2.07. The molecule has 0 aliphatic heterocycles. The molecule has 2 N–H and O–H groups in total. The summed E-state index contributed by atoms with van der Waals surface area (Å²) in [5, 5.41) is 12.5. The van der Waals surface area contributed by atoms with E-state index in [1.807, 2.05) is 0 Å². The highest BCUT2D eigenvalue weighted by Gasteiger charge is 2.51. The minimum atomic E-state index is -0.788. The van der Waals surface area contributed by atoms with E-state index < -0.39 is 11.5 Å². The summed E-state index contributed by atoms with van der Waals surface area (Å²) < 4.78 is 0. The number of carboxylic acid groups (broad SMARTS) is 1. The van der Waals surface area contributed by atoms with Gasteiger partial charge in [-0.1, -0.05) is 0 Å². The summed E-state index contributed by atoms with van der Waals surface area (Å²) in [7, 11) is 0. The Hall–Kier alpha value is -0.570. The molecule has 4 aliphatic rings. The Morgan fingerprint density at radius 1 is 1.17 bits per heavy atom. The third-order valence-corrected chi connectivity index (χ3v) is 5.61. The summed E-state index contributed by atoms with van der Waals surface area (Å²) in [6.45, 7) is 4.45. The fraction of sp³-hybridized carbons (Fsp3) is 0.933. The van der Waals surface area contributed by atoms with Gasteiger partial charge in [0.2, 0.25) is 0 Å². The quantitative estimate of drug-likeness (QED) is 0.807. The third-order valence-electron chi connectivity index (χ3n) is 5.61. The topological polar surface area (TPSA) is 49.3 Å². The number of hydrogen-bond acceptors (Lipinski definition) is 2. The van der Waals surface area contributed by atoms with E-state index in [0.29, 0.717) is 5.41 Å². The fourth-order valence-corrected chi connectivity index (χ4v) is 4.99. The van der Waals surface area contributed by atoms with Crippen LogP contribution in [0.25, 0.3) is 0 Å². The average molecular weight is 251 g/mol. The van der Waals surface area contributed by atoms with Gasteiger partial charge in [0.15, 0.2) is 0 Å². The van der Waals surface area contributed by atoms with Crippen molar-refractivity contribution in [1.82, 2.24) is 5.32 Å². The molecule has 0 spiro atoms. The van der Waals surface area contributed by atoms with Crippen molar-refractivity contribution in [2.75, 3.05) is 6.54 Å². The van der Waals surface area contributed by atoms with Crippen molar-refractivity contribution in [1.29, 1.82) is 0 Å². The molecule has 4 aliphatic carbocycles. The number of aliphatic carboxylic acids is 1. The molecule has 4 fully saturated rings. The van der Waals surface area contributed by atoms with Crippen LogP contribution in [0.3, 0.4) is 0 Å². The number of carboxylic acids is 1. The molecule has 102 valence electrons. The Morgan fingerprint density at radius 2 is 1.61 bits per heavy atom. The van der Waals surface area contributed by atoms with Crippen LogP contribution < -0.4 is 5.32 Å². The Kier molecular flexibility index (Phi) is 2.74. The van der Waals surface area contributed by atoms with Crippen LogP contribution in [0.15, 0.2) is 0 Å². The second-order valence-corrected chi connectivity index (χ2v) is 7.70. The van der Waals surface area contributed by atoms with Gasteiger partial charge in [0, 0.05) is 6.54 Å². The fourth-order valence-electron chi connectivity index (χ4n) is 4.99. The van der Waals surface area contributed by atoms with E-state index in [1.165, 1.54) is 38.5 Å². The second kappa shape index (κ2) is 3.96. The highest BCUT2D eigenvalue weighted by molar-refractivity contribution is 5.77. The van der Waals surface area contributed by atoms with Crippen LogP contribution in [0.1, 0.15) is 52.4 Å². The number of nitrogens with one attached hydrogen (secondary N) is 1. The molecule has 18 heavy (non-hydrogen) atoms. The van der Waals surface area contributed by atoms with Crippen molar-refractivity contribution in [3.05, 3.63) is 0 Å². The first-order valence-electron chi connectivity index (χ1n) is 7.37. The molecule has 0 aromatic carbocycles. The molecular formula is C15H25NO2. The van der Waals surface area contributed by atoms with E-state index in [1.54, 1.807) is 13.8 Å². The molecule has 3 nitrogen and oxygen atoms in total. The molecular weight excluding hydrogens is 226 g/mol. The van der Waals surface area contributed by atoms with E-state index >= 15 is 0 Å². The van der Waals surface area contributed by atoms with Gasteiger partial charge >= 0.3 is 5.97 Å². The Labute approximate surface area is 109 Å². The maximum absolute atomic E-state index is 11.2. The summed E-state index contributed by atoms with van der Waals surface area (Å²) in [6, 6.07) is 0. The minimum absolute atomic E-state index is 0.418. The van der Waals surface area contributed by atoms with E-state index in [4.69, 9.17) is 0 Å². The largest absolute Gasteiger partial charge is 0.480 e. The van der Waals surface area contributed by atoms with Gasteiger partial charge in [-0.3, -0.25) is 4.79 Å². The lowest BCUT2D eigenvalue weighted by Gasteiger charge is -2.57. The maximum atomic E-state index is 11.2. The van der Waals surface area contributed by atoms with Gasteiger partial charge in [-0.05, 0) is 75.5 Å². The molecule has 0 aromatic rings. The Balaban J connectivity index is 1.67. The first-order valence-corrected chi connectivity index (χ1v) is 7.37. The summed E-state index contributed by atoms with van der Waals surface area (Å²) in [6.07, 6.45) is 8.34. The predicted octanol–water partition coefficient (Wildman–Crippen LogP) is 2.66. The zero-order chi connectivity index (χ0) is 13.0. The maximum Gasteiger partial charge on any atom is 0.323 e. The van der Waals surface area contributed by atoms with Crippen LogP contribution in [-0.4, -0.2) is 23.2 Å². The van der Waals surface area contributed by atoms with Crippen molar-refractivity contribution in [2.24, 2.45) is 23.2 Å². The van der Waals surface area contributed by atoms with Crippen molar-refractivity contribution in [3.8, 4) is 0 Å². The van der Waals surface area contributed by atoms with Crippen molar-refractivity contribution < 1.29 is 9.90 Å². The van der Waals surface area contributed by atoms with Crippen LogP contribution in [-0.2, 0) is 4.79 Å². The summed E-state index contributed by atoms with van der Waals surface area (Å²) in [5.74, 6) is 2.06. The first-order chi connectivity index (χ1) is 8.39. The standard InChI is InChI=1S/C15H25NO2/c1-14(2,13(17)18)16-9-15-6-10-3-11(7-15)5-12(4-10)8-15/h10-12,16H,3-9H2,1-2H3,(H,17,18). The van der Waals surface area contributed by atoms with Crippen molar-refractivity contribution in [3.63, 3.8) is 0 Å². The van der Waals surface area contributed by atoms with Gasteiger partial charge in [-0.15, -0.1) is 0 Å². The molecule has 0 aromatic heterocycles. The molecule has 3 heteroatoms. The van der Waals surface area contributed by atoms with Gasteiger partial charge in [0.05, 0.1) is 0 Å². The normalized spacial score (nSPS) is 42.2. The van der Waals surface area contributed by atoms with Crippen LogP contribution >= 0.6 is 0 Å². The number of rotatable bonds is 4. The van der Waals surface area contributed by atoms with Crippen molar-refractivity contribution >= 4 is 5.97 Å². The lowest BCUT2D eigenvalue weighted by atomic mass is 9.49. The zero-order valence-electron chi connectivity index (χ0n) is 11.5. The summed E-state index contributed by atoms with van der Waals surface area (Å²) in [4.78, 5) is 11.2. The van der Waals surface area contributed by atoms with Gasteiger partial charge in [-0.25, -0.2) is 0 Å². The zero-order valence-corrected chi connectivity index (χ0v) is 11.5. The number of hydrogen-bond donors (Lipinski definition) is 2. The van der Waals surface area contributed by atoms with E-state index in [0.717, 1.165) is 24.3 Å². The molecule has 0 atom stereocenters. The van der Waals surface area contributed by atoms with Crippen LogP contribution in [0.2, 0.25) is 0 Å². The molecule has 4 bridgehead atoms. The Bertz CT molecular complexity index is 326. The van der Waals surface area contributed by atoms with Gasteiger partial charge in [0.1, 0.15) is 5.54 Å². The average Bonchev–Trinajstić information content (AvgIpc) is 2.24. The summed E-state index contributed by atoms with van der Waals surface area (Å²) >= 11 is 0. The lowest BCUT2D eigenvalue weighted by Crippen LogP contribution is -2.55. The first kappa shape index (κ1) is 12.5. The number of carbonyl (C=O) groups is 1. The van der Waals surface area contributed by atoms with Gasteiger partial charge < -0.3 is 10.4 Å². The second-order valence-electron chi connectivity index (χ2n) is 7.70. The smallest absolute Gasteiger partial charge is 0.323 e. The molecule has 0 radical (unpaired) electrons. The highest BCUT2D eigenvalue weighted by Crippen LogP contribution is 2.59. The molecule has 4 rings (SSSR count). The van der Waals surface area contributed by atoms with Crippen LogP contribution in [0.5, 0.6) is 0 Å². The van der Waals surface area contributed by atoms with Gasteiger partial charge in [0.25, 0.3) is 0 Å². The predicted molar refractivity (Wildman–Crippen MR) is 70.3 cm³/mol. The Morgan fingerprint density at radius 3 is 2.00 bits per heavy atom. The monoisotopic (exact) mass is 251 g/mol. The van der Waals surface area contributed by atoms with Crippen LogP contribution in [0, 0.1) is 23.2 Å². The van der Waals surface area contributed by atoms with E-state index in [9.17, 15) is 9.90 Å². The highest BCUT2D eigenvalue weighted by atomic mass is 16.4. The molecule has 0 amide bonds. The van der Waals surface area contributed by atoms with Gasteiger partial charge in [-0.2, -0.15) is 0 Å².